The number of sulfonamides is 1. The molecule has 1 heterocycles. The molecule has 1 aliphatic heterocycles. The number of ether oxygens (including phenoxy) is 1. The molecule has 0 spiro atoms. The van der Waals surface area contributed by atoms with Gasteiger partial charge in [0.15, 0.2) is 6.61 Å². The van der Waals surface area contributed by atoms with Gasteiger partial charge in [-0.05, 0) is 44.9 Å². The molecule has 1 saturated heterocycles. The van der Waals surface area contributed by atoms with E-state index in [2.05, 4.69) is 5.32 Å². The summed E-state index contributed by atoms with van der Waals surface area (Å²) in [5.74, 6) is -1.09. The van der Waals surface area contributed by atoms with Crippen LogP contribution < -0.4 is 15.8 Å². The lowest BCUT2D eigenvalue weighted by molar-refractivity contribution is -0.123. The minimum atomic E-state index is -3.67. The van der Waals surface area contributed by atoms with Crippen LogP contribution in [0.2, 0.25) is 0 Å². The number of amides is 2. The molecule has 2 rings (SSSR count). The smallest absolute Gasteiger partial charge is 0.258 e. The molecule has 1 aromatic rings. The van der Waals surface area contributed by atoms with E-state index in [0.717, 1.165) is 12.8 Å². The molecular formula is C16H23N3O5S. The zero-order valence-electron chi connectivity index (χ0n) is 14.3. The molecule has 0 atom stereocenters. The van der Waals surface area contributed by atoms with Gasteiger partial charge in [0, 0.05) is 19.1 Å². The number of nitrogens with zero attached hydrogens (tertiary/aromatic N) is 1. The molecule has 2 amide bonds. The van der Waals surface area contributed by atoms with E-state index >= 15 is 0 Å². The second-order valence-electron chi connectivity index (χ2n) is 6.14. The monoisotopic (exact) mass is 369 g/mol. The highest BCUT2D eigenvalue weighted by molar-refractivity contribution is 7.89. The van der Waals surface area contributed by atoms with E-state index in [1.807, 2.05) is 13.8 Å². The second-order valence-corrected chi connectivity index (χ2v) is 8.08. The molecule has 0 unspecified atom stereocenters. The quantitative estimate of drug-likeness (QED) is 0.724. The Labute approximate surface area is 147 Å². The summed E-state index contributed by atoms with van der Waals surface area (Å²) in [6.45, 7) is 4.25. The SMILES string of the molecule is CC(C)NC(=O)COc1ccc(S(=O)(=O)N2CCCC2)cc1C(N)=O. The van der Waals surface area contributed by atoms with Gasteiger partial charge >= 0.3 is 0 Å². The topological polar surface area (TPSA) is 119 Å². The summed E-state index contributed by atoms with van der Waals surface area (Å²) >= 11 is 0. The maximum atomic E-state index is 12.6. The first kappa shape index (κ1) is 19.2. The second kappa shape index (κ2) is 7.83. The first-order chi connectivity index (χ1) is 11.7. The van der Waals surface area contributed by atoms with Gasteiger partial charge in [0.1, 0.15) is 5.75 Å². The van der Waals surface area contributed by atoms with Crippen LogP contribution in [0.25, 0.3) is 0 Å². The van der Waals surface area contributed by atoms with Gasteiger partial charge in [0.05, 0.1) is 10.5 Å². The van der Waals surface area contributed by atoms with Crippen LogP contribution in [-0.2, 0) is 14.8 Å². The third-order valence-corrected chi connectivity index (χ3v) is 5.62. The summed E-state index contributed by atoms with van der Waals surface area (Å²) in [4.78, 5) is 23.3. The van der Waals surface area contributed by atoms with Crippen LogP contribution in [0.5, 0.6) is 5.75 Å². The van der Waals surface area contributed by atoms with Gasteiger partial charge in [-0.25, -0.2) is 8.42 Å². The van der Waals surface area contributed by atoms with Gasteiger partial charge in [-0.3, -0.25) is 9.59 Å². The molecule has 8 nitrogen and oxygen atoms in total. The zero-order valence-corrected chi connectivity index (χ0v) is 15.1. The minimum Gasteiger partial charge on any atom is -0.483 e. The van der Waals surface area contributed by atoms with Crippen molar-refractivity contribution >= 4 is 21.8 Å². The van der Waals surface area contributed by atoms with Crippen molar-refractivity contribution in [3.05, 3.63) is 23.8 Å². The summed E-state index contributed by atoms with van der Waals surface area (Å²) in [6.07, 6.45) is 1.63. The van der Waals surface area contributed by atoms with E-state index in [0.29, 0.717) is 13.1 Å². The number of carbonyl (C=O) groups is 2. The zero-order chi connectivity index (χ0) is 18.6. The van der Waals surface area contributed by atoms with Crippen molar-refractivity contribution in [2.45, 2.75) is 37.6 Å². The predicted molar refractivity (Wildman–Crippen MR) is 91.7 cm³/mol. The van der Waals surface area contributed by atoms with Crippen molar-refractivity contribution in [3.63, 3.8) is 0 Å². The van der Waals surface area contributed by atoms with Crippen molar-refractivity contribution in [3.8, 4) is 5.75 Å². The molecule has 0 aromatic heterocycles. The average molecular weight is 369 g/mol. The third kappa shape index (κ3) is 4.70. The standard InChI is InChI=1S/C16H23N3O5S/c1-11(2)18-15(20)10-24-14-6-5-12(9-13(14)16(17)21)25(22,23)19-7-3-4-8-19/h5-6,9,11H,3-4,7-8,10H2,1-2H3,(H2,17,21)(H,18,20). The molecule has 0 saturated carbocycles. The Morgan fingerprint density at radius 3 is 2.48 bits per heavy atom. The van der Waals surface area contributed by atoms with Crippen LogP contribution in [0.4, 0.5) is 0 Å². The Bertz CT molecular complexity index is 755. The van der Waals surface area contributed by atoms with E-state index in [-0.39, 0.29) is 34.8 Å². The van der Waals surface area contributed by atoms with E-state index in [1.165, 1.54) is 22.5 Å². The molecule has 9 heteroatoms. The Morgan fingerprint density at radius 1 is 1.28 bits per heavy atom. The van der Waals surface area contributed by atoms with Crippen LogP contribution in [0.3, 0.4) is 0 Å². The molecule has 25 heavy (non-hydrogen) atoms. The van der Waals surface area contributed by atoms with Gasteiger partial charge in [0.2, 0.25) is 10.0 Å². The highest BCUT2D eigenvalue weighted by atomic mass is 32.2. The largest absolute Gasteiger partial charge is 0.483 e. The summed E-state index contributed by atoms with van der Waals surface area (Å²) in [7, 11) is -3.67. The number of rotatable bonds is 7. The van der Waals surface area contributed by atoms with Gasteiger partial charge in [0.25, 0.3) is 11.8 Å². The van der Waals surface area contributed by atoms with E-state index < -0.39 is 15.9 Å². The molecule has 1 aromatic carbocycles. The lowest BCUT2D eigenvalue weighted by Gasteiger charge is -2.17. The normalized spacial score (nSPS) is 15.3. The first-order valence-corrected chi connectivity index (χ1v) is 9.52. The highest BCUT2D eigenvalue weighted by Gasteiger charge is 2.28. The number of carbonyl (C=O) groups excluding carboxylic acids is 2. The number of nitrogens with one attached hydrogen (secondary N) is 1. The van der Waals surface area contributed by atoms with Crippen molar-refractivity contribution in [2.24, 2.45) is 5.73 Å². The van der Waals surface area contributed by atoms with Gasteiger partial charge in [-0.15, -0.1) is 0 Å². The van der Waals surface area contributed by atoms with E-state index in [4.69, 9.17) is 10.5 Å². The number of hydrogen-bond donors (Lipinski definition) is 2. The fourth-order valence-electron chi connectivity index (χ4n) is 2.57. The molecule has 3 N–H and O–H groups in total. The number of hydrogen-bond acceptors (Lipinski definition) is 5. The summed E-state index contributed by atoms with van der Waals surface area (Å²) in [6, 6.07) is 3.87. The van der Waals surface area contributed by atoms with Crippen molar-refractivity contribution in [1.29, 1.82) is 0 Å². The maximum Gasteiger partial charge on any atom is 0.258 e. The number of benzene rings is 1. The third-order valence-electron chi connectivity index (χ3n) is 3.73. The molecule has 1 aliphatic rings. The van der Waals surface area contributed by atoms with Crippen LogP contribution in [-0.4, -0.2) is 50.3 Å². The van der Waals surface area contributed by atoms with E-state index in [9.17, 15) is 18.0 Å². The maximum absolute atomic E-state index is 12.6. The van der Waals surface area contributed by atoms with Crippen molar-refractivity contribution in [2.75, 3.05) is 19.7 Å². The predicted octanol–water partition coefficient (Wildman–Crippen LogP) is 0.473. The molecule has 0 radical (unpaired) electrons. The van der Waals surface area contributed by atoms with Crippen molar-refractivity contribution in [1.82, 2.24) is 9.62 Å². The van der Waals surface area contributed by atoms with Gasteiger partial charge in [-0.1, -0.05) is 0 Å². The highest BCUT2D eigenvalue weighted by Crippen LogP contribution is 2.26. The Balaban J connectivity index is 2.23. The van der Waals surface area contributed by atoms with Gasteiger partial charge in [-0.2, -0.15) is 4.31 Å². The summed E-state index contributed by atoms with van der Waals surface area (Å²) in [5, 5.41) is 2.65. The molecule has 138 valence electrons. The van der Waals surface area contributed by atoms with Crippen LogP contribution >= 0.6 is 0 Å². The molecule has 0 aliphatic carbocycles. The number of nitrogens with two attached hydrogens (primary N) is 1. The van der Waals surface area contributed by atoms with E-state index in [1.54, 1.807) is 0 Å². The Kier molecular flexibility index (Phi) is 6.02. The van der Waals surface area contributed by atoms with Crippen LogP contribution in [0.1, 0.15) is 37.0 Å². The Morgan fingerprint density at radius 2 is 1.92 bits per heavy atom. The molecule has 1 fully saturated rings. The molecular weight excluding hydrogens is 346 g/mol. The first-order valence-electron chi connectivity index (χ1n) is 8.08. The lowest BCUT2D eigenvalue weighted by Crippen LogP contribution is -2.34. The van der Waals surface area contributed by atoms with Crippen molar-refractivity contribution < 1.29 is 22.7 Å². The van der Waals surface area contributed by atoms with Crippen LogP contribution in [0.15, 0.2) is 23.1 Å². The van der Waals surface area contributed by atoms with Gasteiger partial charge < -0.3 is 15.8 Å². The number of primary amides is 1. The summed E-state index contributed by atoms with van der Waals surface area (Å²) < 4.78 is 31.9. The van der Waals surface area contributed by atoms with Crippen LogP contribution in [0, 0.1) is 0 Å². The fourth-order valence-corrected chi connectivity index (χ4v) is 4.12. The Hall–Kier alpha value is -2.13. The fraction of sp³-hybridized carbons (Fsp3) is 0.500. The summed E-state index contributed by atoms with van der Waals surface area (Å²) in [5.41, 5.74) is 5.27. The molecule has 0 bridgehead atoms. The average Bonchev–Trinajstić information content (AvgIpc) is 3.07. The lowest BCUT2D eigenvalue weighted by atomic mass is 10.2. The minimum absolute atomic E-state index is 0.0119.